The van der Waals surface area contributed by atoms with Crippen LogP contribution in [0.5, 0.6) is 0 Å². The van der Waals surface area contributed by atoms with Crippen molar-refractivity contribution >= 4 is 10.2 Å². The van der Waals surface area contributed by atoms with Crippen molar-refractivity contribution in [3.8, 4) is 0 Å². The van der Waals surface area contributed by atoms with E-state index in [1.165, 1.54) is 4.31 Å². The lowest BCUT2D eigenvalue weighted by molar-refractivity contribution is 0.393. The molecular weight excluding hydrogens is 202 g/mol. The zero-order valence-corrected chi connectivity index (χ0v) is 9.26. The average Bonchev–Trinajstić information content (AvgIpc) is 2.89. The predicted octanol–water partition coefficient (Wildman–Crippen LogP) is -0.912. The maximum atomic E-state index is 11.4. The third-order valence-electron chi connectivity index (χ3n) is 2.79. The first-order chi connectivity index (χ1) is 6.58. The molecule has 14 heavy (non-hydrogen) atoms. The first kappa shape index (κ1) is 10.4. The van der Waals surface area contributed by atoms with Gasteiger partial charge in [0.2, 0.25) is 0 Å². The topological polar surface area (TPSA) is 52.4 Å². The van der Waals surface area contributed by atoms with Crippen LogP contribution in [0, 0.1) is 5.92 Å². The Morgan fingerprint density at radius 3 is 2.57 bits per heavy atom. The van der Waals surface area contributed by atoms with Gasteiger partial charge in [0, 0.05) is 26.2 Å². The largest absolute Gasteiger partial charge is 0.306 e. The molecule has 0 aliphatic carbocycles. The monoisotopic (exact) mass is 219 g/mol. The molecule has 2 saturated heterocycles. The standard InChI is InChI=1S/C8H17N3O2S/c1-10-3-2-8(7-10)6-9-14(12,13)11-4-5-11/h8-9H,2-7H2,1H3. The van der Waals surface area contributed by atoms with Crippen LogP contribution in [0.2, 0.25) is 0 Å². The lowest BCUT2D eigenvalue weighted by Crippen LogP contribution is -2.34. The highest BCUT2D eigenvalue weighted by Crippen LogP contribution is 2.15. The van der Waals surface area contributed by atoms with E-state index in [0.717, 1.165) is 19.5 Å². The van der Waals surface area contributed by atoms with Crippen LogP contribution in [0.3, 0.4) is 0 Å². The highest BCUT2D eigenvalue weighted by molar-refractivity contribution is 7.87. The van der Waals surface area contributed by atoms with Crippen LogP contribution in [0.1, 0.15) is 6.42 Å². The van der Waals surface area contributed by atoms with E-state index in [9.17, 15) is 8.42 Å². The Morgan fingerprint density at radius 1 is 1.36 bits per heavy atom. The van der Waals surface area contributed by atoms with Gasteiger partial charge in [-0.25, -0.2) is 4.72 Å². The average molecular weight is 219 g/mol. The van der Waals surface area contributed by atoms with Gasteiger partial charge in [-0.15, -0.1) is 0 Å². The molecule has 0 aromatic carbocycles. The molecule has 2 aliphatic heterocycles. The Labute approximate surface area is 85.2 Å². The van der Waals surface area contributed by atoms with E-state index in [1.54, 1.807) is 0 Å². The van der Waals surface area contributed by atoms with Crippen LogP contribution in [0.25, 0.3) is 0 Å². The summed E-state index contributed by atoms with van der Waals surface area (Å²) >= 11 is 0. The fourth-order valence-electron chi connectivity index (χ4n) is 1.79. The molecule has 2 heterocycles. The Kier molecular flexibility index (Phi) is 2.79. The maximum Gasteiger partial charge on any atom is 0.279 e. The molecule has 6 heteroatoms. The minimum absolute atomic E-state index is 0.481. The quantitative estimate of drug-likeness (QED) is 0.623. The van der Waals surface area contributed by atoms with E-state index in [-0.39, 0.29) is 0 Å². The van der Waals surface area contributed by atoms with E-state index in [1.807, 2.05) is 0 Å². The molecule has 1 N–H and O–H groups in total. The number of nitrogens with one attached hydrogen (secondary N) is 1. The van der Waals surface area contributed by atoms with E-state index in [2.05, 4.69) is 16.7 Å². The molecule has 0 bridgehead atoms. The second-order valence-corrected chi connectivity index (χ2v) is 5.92. The second kappa shape index (κ2) is 3.77. The minimum atomic E-state index is -3.13. The minimum Gasteiger partial charge on any atom is -0.306 e. The van der Waals surface area contributed by atoms with Crippen LogP contribution in [-0.2, 0) is 10.2 Å². The third-order valence-corrected chi connectivity index (χ3v) is 4.37. The van der Waals surface area contributed by atoms with Gasteiger partial charge < -0.3 is 4.90 Å². The second-order valence-electron chi connectivity index (χ2n) is 4.17. The van der Waals surface area contributed by atoms with Gasteiger partial charge in [-0.05, 0) is 25.9 Å². The fourth-order valence-corrected chi connectivity index (χ4v) is 2.98. The van der Waals surface area contributed by atoms with Crippen molar-refractivity contribution < 1.29 is 8.42 Å². The molecule has 0 saturated carbocycles. The zero-order chi connectivity index (χ0) is 10.2. The number of likely N-dealkylation sites (tertiary alicyclic amines) is 1. The fraction of sp³-hybridized carbons (Fsp3) is 1.00. The molecule has 0 amide bonds. The van der Waals surface area contributed by atoms with Crippen LogP contribution >= 0.6 is 0 Å². The first-order valence-corrected chi connectivity index (χ1v) is 6.45. The molecule has 0 spiro atoms. The summed E-state index contributed by atoms with van der Waals surface area (Å²) in [5, 5.41) is 0. The van der Waals surface area contributed by atoms with Gasteiger partial charge in [0.1, 0.15) is 0 Å². The summed E-state index contributed by atoms with van der Waals surface area (Å²) in [6.07, 6.45) is 1.10. The Hall–Kier alpha value is -0.170. The summed E-state index contributed by atoms with van der Waals surface area (Å²) in [7, 11) is -1.06. The molecule has 2 fully saturated rings. The lowest BCUT2D eigenvalue weighted by Gasteiger charge is -2.11. The predicted molar refractivity (Wildman–Crippen MR) is 54.1 cm³/mol. The molecule has 5 nitrogen and oxygen atoms in total. The van der Waals surface area contributed by atoms with Gasteiger partial charge in [0.15, 0.2) is 0 Å². The molecule has 0 aromatic heterocycles. The van der Waals surface area contributed by atoms with Crippen molar-refractivity contribution in [1.29, 1.82) is 0 Å². The SMILES string of the molecule is CN1CCC(CNS(=O)(=O)N2CC2)C1. The number of nitrogens with zero attached hydrogens (tertiary/aromatic N) is 2. The smallest absolute Gasteiger partial charge is 0.279 e. The number of hydrogen-bond donors (Lipinski definition) is 1. The number of rotatable bonds is 4. The van der Waals surface area contributed by atoms with Gasteiger partial charge in [-0.3, -0.25) is 0 Å². The molecule has 1 atom stereocenters. The van der Waals surface area contributed by atoms with Crippen LogP contribution in [0.4, 0.5) is 0 Å². The van der Waals surface area contributed by atoms with Gasteiger partial charge in [0.05, 0.1) is 0 Å². The Morgan fingerprint density at radius 2 is 2.07 bits per heavy atom. The van der Waals surface area contributed by atoms with Crippen molar-refractivity contribution in [2.45, 2.75) is 6.42 Å². The molecule has 0 radical (unpaired) electrons. The first-order valence-electron chi connectivity index (χ1n) is 5.01. The zero-order valence-electron chi connectivity index (χ0n) is 8.44. The van der Waals surface area contributed by atoms with Crippen LogP contribution in [-0.4, -0.2) is 57.4 Å². The lowest BCUT2D eigenvalue weighted by atomic mass is 10.1. The molecule has 2 aliphatic rings. The third kappa shape index (κ3) is 2.44. The summed E-state index contributed by atoms with van der Waals surface area (Å²) in [5.41, 5.74) is 0. The Balaban J connectivity index is 1.76. The molecule has 2 rings (SSSR count). The number of hydrogen-bond acceptors (Lipinski definition) is 3. The van der Waals surface area contributed by atoms with Crippen molar-refractivity contribution in [2.24, 2.45) is 5.92 Å². The summed E-state index contributed by atoms with van der Waals surface area (Å²) in [4.78, 5) is 2.23. The molecule has 82 valence electrons. The van der Waals surface area contributed by atoms with Crippen molar-refractivity contribution in [3.05, 3.63) is 0 Å². The van der Waals surface area contributed by atoms with Crippen LogP contribution in [0.15, 0.2) is 0 Å². The molecule has 0 aromatic rings. The van der Waals surface area contributed by atoms with Gasteiger partial charge in [-0.1, -0.05) is 0 Å². The normalized spacial score (nSPS) is 29.6. The molecule has 1 unspecified atom stereocenters. The van der Waals surface area contributed by atoms with Gasteiger partial charge in [0.25, 0.3) is 10.2 Å². The van der Waals surface area contributed by atoms with E-state index in [0.29, 0.717) is 25.6 Å². The summed E-state index contributed by atoms with van der Waals surface area (Å²) < 4.78 is 27.0. The van der Waals surface area contributed by atoms with Gasteiger partial charge >= 0.3 is 0 Å². The highest BCUT2D eigenvalue weighted by atomic mass is 32.2. The van der Waals surface area contributed by atoms with Crippen molar-refractivity contribution in [2.75, 3.05) is 39.8 Å². The molecular formula is C8H17N3O2S. The van der Waals surface area contributed by atoms with Crippen molar-refractivity contribution in [3.63, 3.8) is 0 Å². The van der Waals surface area contributed by atoms with E-state index in [4.69, 9.17) is 0 Å². The summed E-state index contributed by atoms with van der Waals surface area (Å²) in [6.45, 7) is 4.03. The van der Waals surface area contributed by atoms with Crippen molar-refractivity contribution in [1.82, 2.24) is 13.9 Å². The van der Waals surface area contributed by atoms with E-state index >= 15 is 0 Å². The highest BCUT2D eigenvalue weighted by Gasteiger charge is 2.32. The maximum absolute atomic E-state index is 11.4. The van der Waals surface area contributed by atoms with Gasteiger partial charge in [-0.2, -0.15) is 12.7 Å². The van der Waals surface area contributed by atoms with Crippen LogP contribution < -0.4 is 4.72 Å². The summed E-state index contributed by atoms with van der Waals surface area (Å²) in [6, 6.07) is 0. The summed E-state index contributed by atoms with van der Waals surface area (Å²) in [5.74, 6) is 0.481. The Bertz CT molecular complexity index is 300. The van der Waals surface area contributed by atoms with E-state index < -0.39 is 10.2 Å².